The zero-order valence-corrected chi connectivity index (χ0v) is 19.9. The predicted octanol–water partition coefficient (Wildman–Crippen LogP) is 6.30. The lowest BCUT2D eigenvalue weighted by atomic mass is 9.79. The molecule has 0 bridgehead atoms. The molecule has 0 spiro atoms. The Bertz CT molecular complexity index is 1440. The Morgan fingerprint density at radius 1 is 0.889 bits per heavy atom. The molecule has 0 amide bonds. The Hall–Kier alpha value is -4.22. The van der Waals surface area contributed by atoms with Gasteiger partial charge in [-0.25, -0.2) is 9.79 Å². The maximum Gasteiger partial charge on any atom is 0.359 e. The van der Waals surface area contributed by atoms with Crippen LogP contribution in [0.1, 0.15) is 39.4 Å². The average molecular weight is 496 g/mol. The van der Waals surface area contributed by atoms with Crippen molar-refractivity contribution < 1.29 is 19.4 Å². The normalized spacial score (nSPS) is 17.8. The molecular formula is C30H22ClNO4. The number of carbonyl (C=O) groups excluding carboxylic acids is 2. The molecule has 178 valence electrons. The molecule has 4 aromatic carbocycles. The molecule has 2 atom stereocenters. The van der Waals surface area contributed by atoms with Crippen LogP contribution in [0.2, 0.25) is 5.02 Å². The summed E-state index contributed by atoms with van der Waals surface area (Å²) >= 11 is 6.33. The summed E-state index contributed by atoms with van der Waals surface area (Å²) in [6.45, 7) is 0. The van der Waals surface area contributed by atoms with Crippen LogP contribution in [0.25, 0.3) is 0 Å². The second-order valence-corrected chi connectivity index (χ2v) is 8.96. The van der Waals surface area contributed by atoms with Crippen molar-refractivity contribution in [2.45, 2.75) is 18.1 Å². The third-order valence-corrected chi connectivity index (χ3v) is 6.51. The van der Waals surface area contributed by atoms with E-state index in [2.05, 4.69) is 0 Å². The lowest BCUT2D eigenvalue weighted by molar-refractivity contribution is -0.149. The second-order valence-electron chi connectivity index (χ2n) is 8.53. The van der Waals surface area contributed by atoms with Crippen LogP contribution in [0, 0.1) is 0 Å². The fourth-order valence-corrected chi connectivity index (χ4v) is 4.72. The molecule has 0 saturated heterocycles. The number of ketones is 1. The molecule has 0 unspecified atom stereocenters. The number of aliphatic imine (C=N–C) groups is 1. The number of halogens is 1. The van der Waals surface area contributed by atoms with E-state index in [1.807, 2.05) is 42.5 Å². The van der Waals surface area contributed by atoms with Gasteiger partial charge in [0, 0.05) is 33.7 Å². The number of cyclic esters (lactones) is 1. The molecule has 5 nitrogen and oxygen atoms in total. The molecule has 1 heterocycles. The van der Waals surface area contributed by atoms with Crippen molar-refractivity contribution in [1.29, 1.82) is 0 Å². The Morgan fingerprint density at radius 2 is 1.50 bits per heavy atom. The Balaban J connectivity index is 1.73. The van der Waals surface area contributed by atoms with Crippen LogP contribution in [0.15, 0.2) is 114 Å². The van der Waals surface area contributed by atoms with Crippen LogP contribution in [-0.2, 0) is 15.3 Å². The Labute approximate surface area is 213 Å². The van der Waals surface area contributed by atoms with Crippen LogP contribution in [0.4, 0.5) is 0 Å². The number of phenolic OH excluding ortho intramolecular Hbond substituents is 1. The third kappa shape index (κ3) is 4.41. The first kappa shape index (κ1) is 23.5. The number of benzene rings is 4. The minimum Gasteiger partial charge on any atom is -0.508 e. The zero-order chi connectivity index (χ0) is 25.1. The van der Waals surface area contributed by atoms with Gasteiger partial charge in [0.1, 0.15) is 5.75 Å². The number of nitrogens with zero attached hydrogens (tertiary/aromatic N) is 1. The van der Waals surface area contributed by atoms with E-state index in [4.69, 9.17) is 21.3 Å². The monoisotopic (exact) mass is 495 g/mol. The van der Waals surface area contributed by atoms with Gasteiger partial charge in [-0.1, -0.05) is 103 Å². The fraction of sp³-hybridized carbons (Fsp3) is 0.100. The number of phenols is 1. The quantitative estimate of drug-likeness (QED) is 0.241. The smallest absolute Gasteiger partial charge is 0.359 e. The molecule has 5 rings (SSSR count). The van der Waals surface area contributed by atoms with Crippen LogP contribution in [-0.4, -0.2) is 22.6 Å². The van der Waals surface area contributed by atoms with Gasteiger partial charge in [0.25, 0.3) is 0 Å². The van der Waals surface area contributed by atoms with Crippen molar-refractivity contribution in [3.05, 3.63) is 136 Å². The second kappa shape index (κ2) is 9.80. The van der Waals surface area contributed by atoms with Gasteiger partial charge < -0.3 is 9.84 Å². The molecule has 0 fully saturated rings. The van der Waals surface area contributed by atoms with E-state index in [-0.39, 0.29) is 23.7 Å². The van der Waals surface area contributed by atoms with E-state index >= 15 is 0 Å². The zero-order valence-electron chi connectivity index (χ0n) is 19.2. The van der Waals surface area contributed by atoms with Crippen LogP contribution in [0.5, 0.6) is 5.75 Å². The van der Waals surface area contributed by atoms with E-state index < -0.39 is 17.6 Å². The SMILES string of the molecule is O=C1O[C@@](c2ccccc2)([C@@H](CC(=O)c2ccccc2)c2cc(Cl)ccc2O)N=C1c1ccccc1. The summed E-state index contributed by atoms with van der Waals surface area (Å²) < 4.78 is 6.10. The number of rotatable bonds is 7. The highest BCUT2D eigenvalue weighted by Gasteiger charge is 2.52. The highest BCUT2D eigenvalue weighted by atomic mass is 35.5. The lowest BCUT2D eigenvalue weighted by Crippen LogP contribution is -2.35. The number of esters is 1. The predicted molar refractivity (Wildman–Crippen MR) is 138 cm³/mol. The molecule has 0 radical (unpaired) electrons. The summed E-state index contributed by atoms with van der Waals surface area (Å²) in [6, 6.07) is 31.6. The minimum atomic E-state index is -1.60. The van der Waals surface area contributed by atoms with E-state index in [0.29, 0.717) is 27.3 Å². The maximum atomic E-state index is 13.5. The van der Waals surface area contributed by atoms with Gasteiger partial charge >= 0.3 is 5.97 Å². The molecule has 0 aliphatic carbocycles. The third-order valence-electron chi connectivity index (χ3n) is 6.28. The van der Waals surface area contributed by atoms with Gasteiger partial charge in [-0.05, 0) is 18.2 Å². The number of Topliss-reactive ketones (excluding diaryl/α,β-unsaturated/α-hetero) is 1. The van der Waals surface area contributed by atoms with Gasteiger partial charge in [-0.15, -0.1) is 0 Å². The number of ether oxygens (including phenoxy) is 1. The number of hydrogen-bond donors (Lipinski definition) is 1. The molecule has 0 aromatic heterocycles. The molecule has 36 heavy (non-hydrogen) atoms. The first-order valence-electron chi connectivity index (χ1n) is 11.5. The standard InChI is InChI=1S/C30H22ClNO4/c31-23-16-17-26(33)24(18-23)25(19-27(34)20-10-4-1-5-11-20)30(22-14-8-3-9-15-22)32-28(29(35)36-30)21-12-6-2-7-13-21/h1-18,25,33H,19H2/t25-,30-/m0/s1. The van der Waals surface area contributed by atoms with Gasteiger partial charge in [0.2, 0.25) is 5.72 Å². The summed E-state index contributed by atoms with van der Waals surface area (Å²) in [5.41, 5.74) is 0.595. The average Bonchev–Trinajstić information content (AvgIpc) is 3.28. The van der Waals surface area contributed by atoms with Crippen molar-refractivity contribution in [3.63, 3.8) is 0 Å². The lowest BCUT2D eigenvalue weighted by Gasteiger charge is -2.34. The van der Waals surface area contributed by atoms with E-state index in [1.54, 1.807) is 60.7 Å². The number of carbonyl (C=O) groups is 2. The molecule has 1 aliphatic heterocycles. The molecule has 4 aromatic rings. The molecular weight excluding hydrogens is 474 g/mol. The van der Waals surface area contributed by atoms with E-state index in [1.165, 1.54) is 6.07 Å². The van der Waals surface area contributed by atoms with Crippen molar-refractivity contribution in [2.24, 2.45) is 4.99 Å². The van der Waals surface area contributed by atoms with Gasteiger partial charge in [0.15, 0.2) is 11.5 Å². The van der Waals surface area contributed by atoms with E-state index in [0.717, 1.165) is 0 Å². The number of hydrogen-bond acceptors (Lipinski definition) is 5. The number of aromatic hydroxyl groups is 1. The van der Waals surface area contributed by atoms with Gasteiger partial charge in [-0.3, -0.25) is 4.79 Å². The van der Waals surface area contributed by atoms with Crippen molar-refractivity contribution >= 4 is 29.1 Å². The summed E-state index contributed by atoms with van der Waals surface area (Å²) in [6.07, 6.45) is -0.0916. The van der Waals surface area contributed by atoms with Gasteiger partial charge in [0.05, 0.1) is 5.92 Å². The van der Waals surface area contributed by atoms with Crippen LogP contribution < -0.4 is 0 Å². The summed E-state index contributed by atoms with van der Waals surface area (Å²) in [5.74, 6) is -1.73. The van der Waals surface area contributed by atoms with Gasteiger partial charge in [-0.2, -0.15) is 0 Å². The Kier molecular flexibility index (Phi) is 6.40. The van der Waals surface area contributed by atoms with Crippen LogP contribution in [0.3, 0.4) is 0 Å². The summed E-state index contributed by atoms with van der Waals surface area (Å²) in [5, 5.41) is 11.3. The van der Waals surface area contributed by atoms with Crippen molar-refractivity contribution in [1.82, 2.24) is 0 Å². The maximum absolute atomic E-state index is 13.5. The molecule has 1 aliphatic rings. The highest BCUT2D eigenvalue weighted by molar-refractivity contribution is 6.44. The highest BCUT2D eigenvalue weighted by Crippen LogP contribution is 2.50. The minimum absolute atomic E-state index is 0.0695. The topological polar surface area (TPSA) is 76.0 Å². The molecule has 0 saturated carbocycles. The molecule has 6 heteroatoms. The summed E-state index contributed by atoms with van der Waals surface area (Å²) in [7, 11) is 0. The first-order valence-corrected chi connectivity index (χ1v) is 11.9. The largest absolute Gasteiger partial charge is 0.508 e. The van der Waals surface area contributed by atoms with Crippen LogP contribution >= 0.6 is 11.6 Å². The molecule has 1 N–H and O–H groups in total. The van der Waals surface area contributed by atoms with Crippen molar-refractivity contribution in [3.8, 4) is 5.75 Å². The van der Waals surface area contributed by atoms with E-state index in [9.17, 15) is 14.7 Å². The Morgan fingerprint density at radius 3 is 2.17 bits per heavy atom. The fourth-order valence-electron chi connectivity index (χ4n) is 4.54. The summed E-state index contributed by atoms with van der Waals surface area (Å²) in [4.78, 5) is 31.6. The first-order chi connectivity index (χ1) is 17.5. The van der Waals surface area contributed by atoms with Crippen molar-refractivity contribution in [2.75, 3.05) is 0 Å².